The van der Waals surface area contributed by atoms with Gasteiger partial charge in [-0.1, -0.05) is 12.2 Å². The third-order valence-corrected chi connectivity index (χ3v) is 4.98. The lowest BCUT2D eigenvalue weighted by molar-refractivity contribution is -0.143. The van der Waals surface area contributed by atoms with Gasteiger partial charge in [-0.25, -0.2) is 14.7 Å². The Bertz CT molecular complexity index is 1400. The number of aromatic nitrogens is 3. The van der Waals surface area contributed by atoms with Gasteiger partial charge in [0.25, 0.3) is 11.8 Å². The number of hydrogen-bond donors (Lipinski definition) is 1. The van der Waals surface area contributed by atoms with Gasteiger partial charge in [-0.2, -0.15) is 36.7 Å². The normalized spacial score (nSPS) is 17.4. The molecule has 8 nitrogen and oxygen atoms in total. The largest absolute Gasteiger partial charge is 0.434 e. The number of carbonyl (C=O) groups is 2. The average Bonchev–Trinajstić information content (AvgIpc) is 3.24. The van der Waals surface area contributed by atoms with Crippen molar-refractivity contribution in [3.05, 3.63) is 70.9 Å². The monoisotopic (exact) mass is 492 g/mol. The molecular weight excluding hydrogens is 482 g/mol. The summed E-state index contributed by atoms with van der Waals surface area (Å²) in [5.41, 5.74) is -5.49. The standard InChI is InChI=1S/C21H10F6N6O2/c22-20(23,24)14-6-10(8-30-15(14)7-28)32-19(35)13-9-31-33(17(13)21(25,26)27)16-3-1-2-12-11(16)4-5-29-18(12)34/h1-6,8-9,12H,(H,32,35). The summed E-state index contributed by atoms with van der Waals surface area (Å²) in [6.07, 6.45) is -2.29. The summed E-state index contributed by atoms with van der Waals surface area (Å²) >= 11 is 0. The van der Waals surface area contributed by atoms with Crippen LogP contribution in [0.3, 0.4) is 0 Å². The van der Waals surface area contributed by atoms with E-state index in [2.05, 4.69) is 15.1 Å². The molecule has 1 atom stereocenters. The smallest absolute Gasteiger partial charge is 0.320 e. The lowest BCUT2D eigenvalue weighted by Crippen LogP contribution is -2.25. The van der Waals surface area contributed by atoms with E-state index in [-0.39, 0.29) is 11.3 Å². The highest BCUT2D eigenvalue weighted by molar-refractivity contribution is 6.06. The van der Waals surface area contributed by atoms with Crippen LogP contribution >= 0.6 is 0 Å². The summed E-state index contributed by atoms with van der Waals surface area (Å²) in [7, 11) is 0. The SMILES string of the molecule is N#Cc1ncc(NC(=O)c2cnn(C3=CC=CC4C(=O)N=CC=C34)c2C(F)(F)F)cc1C(F)(F)F. The predicted molar refractivity (Wildman–Crippen MR) is 108 cm³/mol. The van der Waals surface area contributed by atoms with Crippen molar-refractivity contribution in [2.45, 2.75) is 12.4 Å². The number of hydrogen-bond acceptors (Lipinski definition) is 5. The van der Waals surface area contributed by atoms with E-state index < -0.39 is 58.3 Å². The van der Waals surface area contributed by atoms with Gasteiger partial charge in [0.2, 0.25) is 0 Å². The van der Waals surface area contributed by atoms with Gasteiger partial charge in [-0.3, -0.25) is 9.59 Å². The number of allylic oxidation sites excluding steroid dienone is 4. The zero-order valence-corrected chi connectivity index (χ0v) is 17.0. The van der Waals surface area contributed by atoms with Crippen molar-refractivity contribution in [2.75, 3.05) is 5.32 Å². The number of halogens is 6. The van der Waals surface area contributed by atoms with Gasteiger partial charge >= 0.3 is 12.4 Å². The number of nitrogens with one attached hydrogen (secondary N) is 1. The number of rotatable bonds is 3. The van der Waals surface area contributed by atoms with E-state index in [1.165, 1.54) is 30.4 Å². The highest BCUT2D eigenvalue weighted by atomic mass is 19.4. The molecule has 0 aromatic carbocycles. The van der Waals surface area contributed by atoms with E-state index in [0.29, 0.717) is 23.1 Å². The van der Waals surface area contributed by atoms with Gasteiger partial charge < -0.3 is 5.32 Å². The summed E-state index contributed by atoms with van der Waals surface area (Å²) in [4.78, 5) is 31.6. The minimum absolute atomic E-state index is 0.136. The molecule has 35 heavy (non-hydrogen) atoms. The molecule has 0 fully saturated rings. The molecule has 0 bridgehead atoms. The number of anilines is 1. The molecule has 1 unspecified atom stereocenters. The van der Waals surface area contributed by atoms with Crippen LogP contribution in [0, 0.1) is 17.2 Å². The predicted octanol–water partition coefficient (Wildman–Crippen LogP) is 4.00. The van der Waals surface area contributed by atoms with E-state index in [1.54, 1.807) is 0 Å². The number of nitrogens with zero attached hydrogens (tertiary/aromatic N) is 5. The van der Waals surface area contributed by atoms with E-state index in [4.69, 9.17) is 5.26 Å². The maximum absolute atomic E-state index is 14.0. The molecule has 2 aromatic heterocycles. The van der Waals surface area contributed by atoms with Gasteiger partial charge in [0, 0.05) is 6.21 Å². The van der Waals surface area contributed by atoms with Crippen LogP contribution in [-0.4, -0.2) is 32.8 Å². The molecule has 0 radical (unpaired) electrons. The van der Waals surface area contributed by atoms with Gasteiger partial charge in [-0.15, -0.1) is 0 Å². The van der Waals surface area contributed by atoms with E-state index in [0.717, 1.165) is 6.21 Å². The zero-order valence-electron chi connectivity index (χ0n) is 17.0. The maximum atomic E-state index is 14.0. The zero-order chi connectivity index (χ0) is 25.5. The number of dihydropyridines is 1. The fraction of sp³-hybridized carbons (Fsp3) is 0.143. The van der Waals surface area contributed by atoms with Crippen LogP contribution in [0.4, 0.5) is 32.0 Å². The lowest BCUT2D eigenvalue weighted by Gasteiger charge is -2.23. The molecule has 3 heterocycles. The maximum Gasteiger partial charge on any atom is 0.434 e. The van der Waals surface area contributed by atoms with Crippen LogP contribution in [0.1, 0.15) is 27.3 Å². The van der Waals surface area contributed by atoms with Crippen molar-refractivity contribution in [1.82, 2.24) is 14.8 Å². The van der Waals surface area contributed by atoms with Gasteiger partial charge in [0.05, 0.1) is 40.8 Å². The third kappa shape index (κ3) is 4.35. The number of alkyl halides is 6. The van der Waals surface area contributed by atoms with Gasteiger partial charge in [0.15, 0.2) is 11.4 Å². The first-order chi connectivity index (χ1) is 16.4. The van der Waals surface area contributed by atoms with E-state index >= 15 is 0 Å². The molecule has 2 aromatic rings. The summed E-state index contributed by atoms with van der Waals surface area (Å²) in [5.74, 6) is -2.95. The Morgan fingerprint density at radius 2 is 1.86 bits per heavy atom. The van der Waals surface area contributed by atoms with Crippen molar-refractivity contribution < 1.29 is 35.9 Å². The van der Waals surface area contributed by atoms with Crippen LogP contribution in [-0.2, 0) is 17.1 Å². The molecule has 2 amide bonds. The first-order valence-corrected chi connectivity index (χ1v) is 9.53. The molecule has 1 aliphatic heterocycles. The summed E-state index contributed by atoms with van der Waals surface area (Å²) in [6.45, 7) is 0. The van der Waals surface area contributed by atoms with Crippen molar-refractivity contribution >= 4 is 29.4 Å². The van der Waals surface area contributed by atoms with Crippen LogP contribution < -0.4 is 5.32 Å². The van der Waals surface area contributed by atoms with Crippen LogP contribution in [0.5, 0.6) is 0 Å². The topological polar surface area (TPSA) is 113 Å². The molecule has 14 heteroatoms. The van der Waals surface area contributed by atoms with Gasteiger partial charge in [0.1, 0.15) is 6.07 Å². The number of fused-ring (bicyclic) bond motifs is 1. The fourth-order valence-electron chi connectivity index (χ4n) is 3.49. The van der Waals surface area contributed by atoms with Crippen molar-refractivity contribution in [3.8, 4) is 6.07 Å². The first kappa shape index (κ1) is 23.6. The highest BCUT2D eigenvalue weighted by Gasteiger charge is 2.42. The lowest BCUT2D eigenvalue weighted by atomic mass is 9.89. The second kappa shape index (κ2) is 8.35. The van der Waals surface area contributed by atoms with E-state index in [9.17, 15) is 35.9 Å². The molecule has 178 valence electrons. The number of nitriles is 1. The molecule has 2 aliphatic rings. The number of amides is 2. The second-order valence-corrected chi connectivity index (χ2v) is 7.15. The Balaban J connectivity index is 1.74. The van der Waals surface area contributed by atoms with Gasteiger partial charge in [-0.05, 0) is 23.8 Å². The first-order valence-electron chi connectivity index (χ1n) is 9.53. The third-order valence-electron chi connectivity index (χ3n) is 4.98. The van der Waals surface area contributed by atoms with Crippen molar-refractivity contribution in [3.63, 3.8) is 0 Å². The van der Waals surface area contributed by atoms with E-state index in [1.807, 2.05) is 5.32 Å². The number of aliphatic imine (C=N–C) groups is 1. The van der Waals surface area contributed by atoms with Crippen LogP contribution in [0.15, 0.2) is 53.3 Å². The fourth-order valence-corrected chi connectivity index (χ4v) is 3.49. The second-order valence-electron chi connectivity index (χ2n) is 7.15. The molecular formula is C21H10F6N6O2. The molecule has 4 rings (SSSR count). The Morgan fingerprint density at radius 3 is 2.51 bits per heavy atom. The van der Waals surface area contributed by atoms with Crippen molar-refractivity contribution in [2.24, 2.45) is 10.9 Å². The Morgan fingerprint density at radius 1 is 1.11 bits per heavy atom. The number of pyridine rings is 1. The minimum Gasteiger partial charge on any atom is -0.320 e. The Labute approximate surface area is 191 Å². The quantitative estimate of drug-likeness (QED) is 0.651. The minimum atomic E-state index is -5.12. The molecule has 1 N–H and O–H groups in total. The summed E-state index contributed by atoms with van der Waals surface area (Å²) in [6, 6.07) is 1.64. The average molecular weight is 492 g/mol. The molecule has 0 spiro atoms. The van der Waals surface area contributed by atoms with Crippen molar-refractivity contribution in [1.29, 1.82) is 5.26 Å². The summed E-state index contributed by atoms with van der Waals surface area (Å²) < 4.78 is 82.0. The highest BCUT2D eigenvalue weighted by Crippen LogP contribution is 2.38. The van der Waals surface area contributed by atoms with Crippen LogP contribution in [0.25, 0.3) is 5.70 Å². The summed E-state index contributed by atoms with van der Waals surface area (Å²) in [5, 5.41) is 14.4. The molecule has 0 saturated heterocycles. The van der Waals surface area contributed by atoms with Crippen LogP contribution in [0.2, 0.25) is 0 Å². The molecule has 1 aliphatic carbocycles. The number of carbonyl (C=O) groups excluding carboxylic acids is 2. The Hall–Kier alpha value is -4.54. The molecule has 0 saturated carbocycles. The Kier molecular flexibility index (Phi) is 5.63.